The van der Waals surface area contributed by atoms with Crippen molar-refractivity contribution in [3.8, 4) is 0 Å². The van der Waals surface area contributed by atoms with Crippen LogP contribution in [0.3, 0.4) is 0 Å². The van der Waals surface area contributed by atoms with Crippen LogP contribution in [0.15, 0.2) is 0 Å². The number of likely N-dealkylation sites (tertiary alicyclic amines) is 1. The molecule has 2 aliphatic rings. The maximum Gasteiger partial charge on any atom is 0.220 e. The van der Waals surface area contributed by atoms with E-state index in [1.165, 1.54) is 32.4 Å². The summed E-state index contributed by atoms with van der Waals surface area (Å²) in [6.07, 6.45) is 5.64. The molecule has 2 saturated heterocycles. The van der Waals surface area contributed by atoms with Crippen molar-refractivity contribution in [3.63, 3.8) is 0 Å². The first-order valence-electron chi connectivity index (χ1n) is 7.94. The van der Waals surface area contributed by atoms with Gasteiger partial charge in [0, 0.05) is 26.1 Å². The molecule has 0 radical (unpaired) electrons. The SMILES string of the molecule is CC1CCCN(CCNC(=O)CCC2CCNC2)C1.Cl.Cl. The van der Waals surface area contributed by atoms with Crippen LogP contribution in [0.1, 0.15) is 39.0 Å². The zero-order chi connectivity index (χ0) is 13.5. The van der Waals surface area contributed by atoms with Crippen molar-refractivity contribution in [2.24, 2.45) is 11.8 Å². The van der Waals surface area contributed by atoms with E-state index in [0.717, 1.165) is 38.5 Å². The Morgan fingerprint density at radius 3 is 2.81 bits per heavy atom. The Morgan fingerprint density at radius 2 is 2.14 bits per heavy atom. The number of nitrogens with zero attached hydrogens (tertiary/aromatic N) is 1. The summed E-state index contributed by atoms with van der Waals surface area (Å²) in [6, 6.07) is 0. The van der Waals surface area contributed by atoms with E-state index < -0.39 is 0 Å². The second-order valence-electron chi connectivity index (χ2n) is 6.30. The van der Waals surface area contributed by atoms with Gasteiger partial charge in [-0.1, -0.05) is 6.92 Å². The lowest BCUT2D eigenvalue weighted by Crippen LogP contribution is -2.40. The Balaban J connectivity index is 0.00000200. The molecule has 0 spiro atoms. The standard InChI is InChI=1S/C15H29N3O.2ClH/c1-13-3-2-9-18(12-13)10-8-17-15(19)5-4-14-6-7-16-11-14;;/h13-14,16H,2-12H2,1H3,(H,17,19);2*1H. The normalized spacial score (nSPS) is 25.8. The van der Waals surface area contributed by atoms with Gasteiger partial charge in [-0.25, -0.2) is 0 Å². The molecule has 0 aliphatic carbocycles. The Bertz CT molecular complexity index is 286. The highest BCUT2D eigenvalue weighted by Crippen LogP contribution is 2.15. The predicted octanol–water partition coefficient (Wildman–Crippen LogP) is 2.07. The first-order chi connectivity index (χ1) is 9.24. The minimum absolute atomic E-state index is 0. The Morgan fingerprint density at radius 1 is 1.33 bits per heavy atom. The summed E-state index contributed by atoms with van der Waals surface area (Å²) in [5, 5.41) is 6.42. The van der Waals surface area contributed by atoms with E-state index in [0.29, 0.717) is 12.3 Å². The van der Waals surface area contributed by atoms with Crippen molar-refractivity contribution >= 4 is 30.7 Å². The molecule has 2 rings (SSSR count). The second kappa shape index (κ2) is 11.5. The summed E-state index contributed by atoms with van der Waals surface area (Å²) in [6.45, 7) is 8.77. The second-order valence-corrected chi connectivity index (χ2v) is 6.30. The molecule has 2 fully saturated rings. The van der Waals surface area contributed by atoms with Gasteiger partial charge in [0.1, 0.15) is 0 Å². The molecular weight excluding hydrogens is 309 g/mol. The lowest BCUT2D eigenvalue weighted by Gasteiger charge is -2.30. The third-order valence-electron chi connectivity index (χ3n) is 4.43. The summed E-state index contributed by atoms with van der Waals surface area (Å²) in [5.74, 6) is 1.77. The van der Waals surface area contributed by atoms with E-state index in [9.17, 15) is 4.79 Å². The van der Waals surface area contributed by atoms with Gasteiger partial charge < -0.3 is 15.5 Å². The van der Waals surface area contributed by atoms with Crippen molar-refractivity contribution in [2.75, 3.05) is 39.3 Å². The molecule has 2 N–H and O–H groups in total. The lowest BCUT2D eigenvalue weighted by molar-refractivity contribution is -0.121. The molecule has 0 saturated carbocycles. The number of amides is 1. The molecule has 2 heterocycles. The molecule has 0 aromatic carbocycles. The van der Waals surface area contributed by atoms with Crippen molar-refractivity contribution in [2.45, 2.75) is 39.0 Å². The number of rotatable bonds is 6. The van der Waals surface area contributed by atoms with Crippen LogP contribution in [0.5, 0.6) is 0 Å². The number of carbonyl (C=O) groups is 1. The van der Waals surface area contributed by atoms with E-state index in [1.54, 1.807) is 0 Å². The van der Waals surface area contributed by atoms with E-state index in [-0.39, 0.29) is 30.7 Å². The van der Waals surface area contributed by atoms with Gasteiger partial charge in [-0.3, -0.25) is 4.79 Å². The summed E-state index contributed by atoms with van der Waals surface area (Å²) >= 11 is 0. The average Bonchev–Trinajstić information content (AvgIpc) is 2.89. The van der Waals surface area contributed by atoms with Gasteiger partial charge in [0.15, 0.2) is 0 Å². The molecule has 126 valence electrons. The topological polar surface area (TPSA) is 44.4 Å². The van der Waals surface area contributed by atoms with Gasteiger partial charge in [-0.15, -0.1) is 24.8 Å². The third-order valence-corrected chi connectivity index (χ3v) is 4.43. The number of halogens is 2. The Kier molecular flexibility index (Phi) is 11.5. The highest BCUT2D eigenvalue weighted by molar-refractivity contribution is 5.85. The van der Waals surface area contributed by atoms with E-state index >= 15 is 0 Å². The lowest BCUT2D eigenvalue weighted by atomic mass is 10.0. The largest absolute Gasteiger partial charge is 0.355 e. The molecule has 0 aromatic rings. The van der Waals surface area contributed by atoms with Crippen LogP contribution in [-0.4, -0.2) is 50.1 Å². The fourth-order valence-electron chi connectivity index (χ4n) is 3.23. The number of hydrogen-bond donors (Lipinski definition) is 2. The first kappa shape index (κ1) is 21.0. The molecule has 2 unspecified atom stereocenters. The summed E-state index contributed by atoms with van der Waals surface area (Å²) in [7, 11) is 0. The maximum absolute atomic E-state index is 11.8. The quantitative estimate of drug-likeness (QED) is 0.778. The van der Waals surface area contributed by atoms with E-state index in [4.69, 9.17) is 0 Å². The Labute approximate surface area is 141 Å². The van der Waals surface area contributed by atoms with Gasteiger partial charge >= 0.3 is 0 Å². The van der Waals surface area contributed by atoms with Crippen LogP contribution in [-0.2, 0) is 4.79 Å². The summed E-state index contributed by atoms with van der Waals surface area (Å²) < 4.78 is 0. The van der Waals surface area contributed by atoms with Gasteiger partial charge in [0.2, 0.25) is 5.91 Å². The van der Waals surface area contributed by atoms with Crippen LogP contribution < -0.4 is 10.6 Å². The Hall–Kier alpha value is -0.0300. The van der Waals surface area contributed by atoms with Crippen LogP contribution in [0.2, 0.25) is 0 Å². The maximum atomic E-state index is 11.8. The number of piperidine rings is 1. The van der Waals surface area contributed by atoms with Crippen molar-refractivity contribution < 1.29 is 4.79 Å². The van der Waals surface area contributed by atoms with E-state index in [2.05, 4.69) is 22.5 Å². The van der Waals surface area contributed by atoms with Gasteiger partial charge in [0.25, 0.3) is 0 Å². The number of nitrogens with one attached hydrogen (secondary N) is 2. The molecule has 2 atom stereocenters. The predicted molar refractivity (Wildman–Crippen MR) is 92.6 cm³/mol. The molecule has 21 heavy (non-hydrogen) atoms. The third kappa shape index (κ3) is 8.24. The molecular formula is C15H31Cl2N3O. The molecule has 0 aromatic heterocycles. The highest BCUT2D eigenvalue weighted by Gasteiger charge is 2.17. The zero-order valence-electron chi connectivity index (χ0n) is 13.1. The van der Waals surface area contributed by atoms with Crippen molar-refractivity contribution in [1.82, 2.24) is 15.5 Å². The van der Waals surface area contributed by atoms with Gasteiger partial charge in [-0.05, 0) is 57.2 Å². The fraction of sp³-hybridized carbons (Fsp3) is 0.933. The van der Waals surface area contributed by atoms with Crippen LogP contribution in [0.25, 0.3) is 0 Å². The smallest absolute Gasteiger partial charge is 0.220 e. The molecule has 4 nitrogen and oxygen atoms in total. The molecule has 6 heteroatoms. The zero-order valence-corrected chi connectivity index (χ0v) is 14.7. The summed E-state index contributed by atoms with van der Waals surface area (Å²) in [4.78, 5) is 14.2. The molecule has 1 amide bonds. The van der Waals surface area contributed by atoms with Crippen LogP contribution >= 0.6 is 24.8 Å². The van der Waals surface area contributed by atoms with Crippen LogP contribution in [0.4, 0.5) is 0 Å². The van der Waals surface area contributed by atoms with Crippen molar-refractivity contribution in [3.05, 3.63) is 0 Å². The average molecular weight is 340 g/mol. The highest BCUT2D eigenvalue weighted by atomic mass is 35.5. The summed E-state index contributed by atoms with van der Waals surface area (Å²) in [5.41, 5.74) is 0. The monoisotopic (exact) mass is 339 g/mol. The molecule has 2 aliphatic heterocycles. The number of carbonyl (C=O) groups excluding carboxylic acids is 1. The van der Waals surface area contributed by atoms with Crippen LogP contribution in [0, 0.1) is 11.8 Å². The fourth-order valence-corrected chi connectivity index (χ4v) is 3.23. The van der Waals surface area contributed by atoms with E-state index in [1.807, 2.05) is 0 Å². The molecule has 0 bridgehead atoms. The van der Waals surface area contributed by atoms with Gasteiger partial charge in [0.05, 0.1) is 0 Å². The minimum Gasteiger partial charge on any atom is -0.355 e. The first-order valence-corrected chi connectivity index (χ1v) is 7.94. The number of hydrogen-bond acceptors (Lipinski definition) is 3. The minimum atomic E-state index is 0. The van der Waals surface area contributed by atoms with Gasteiger partial charge in [-0.2, -0.15) is 0 Å². The van der Waals surface area contributed by atoms with Crippen molar-refractivity contribution in [1.29, 1.82) is 0 Å².